The summed E-state index contributed by atoms with van der Waals surface area (Å²) in [7, 11) is 0. The minimum absolute atomic E-state index is 0.653. The van der Waals surface area contributed by atoms with Crippen molar-refractivity contribution in [3.05, 3.63) is 73.3 Å². The van der Waals surface area contributed by atoms with E-state index in [9.17, 15) is 0 Å². The fraction of sp³-hybridized carbons (Fsp3) is 0. The third-order valence-corrected chi connectivity index (χ3v) is 5.68. The first-order valence-electron chi connectivity index (χ1n) is 8.77. The summed E-state index contributed by atoms with van der Waals surface area (Å²) in [4.78, 5) is 23.2. The fourth-order valence-corrected chi connectivity index (χ4v) is 4.33. The van der Waals surface area contributed by atoms with E-state index >= 15 is 0 Å². The van der Waals surface area contributed by atoms with E-state index in [1.807, 2.05) is 30.6 Å². The van der Waals surface area contributed by atoms with Gasteiger partial charge < -0.3 is 0 Å². The van der Waals surface area contributed by atoms with Crippen LogP contribution in [0.25, 0.3) is 48.8 Å². The molecule has 0 unspecified atom stereocenters. The molecule has 5 aromatic heterocycles. The number of rotatable bonds is 2. The first-order valence-corrected chi connectivity index (χ1v) is 9.59. The first kappa shape index (κ1) is 15.4. The maximum Gasteiger partial charge on any atom is 0.190 e. The molecule has 0 spiro atoms. The number of thiazole rings is 1. The Morgan fingerprint density at radius 1 is 0.750 bits per heavy atom. The van der Waals surface area contributed by atoms with E-state index in [0.717, 1.165) is 37.8 Å². The SMILES string of the molecule is c1ccc2c(c1)c1cccnc1n2-c1ccc(-c2nc3nccnc3s2)nc1. The Kier molecular flexibility index (Phi) is 3.24. The molecule has 132 valence electrons. The predicted octanol–water partition coefficient (Wildman–Crippen LogP) is 4.64. The highest BCUT2D eigenvalue weighted by Crippen LogP contribution is 2.31. The number of pyridine rings is 2. The molecule has 0 radical (unpaired) electrons. The number of benzene rings is 1. The molecule has 0 bridgehead atoms. The Morgan fingerprint density at radius 2 is 1.64 bits per heavy atom. The van der Waals surface area contributed by atoms with Crippen LogP contribution < -0.4 is 0 Å². The quantitative estimate of drug-likeness (QED) is 0.438. The highest BCUT2D eigenvalue weighted by atomic mass is 32.1. The second-order valence-electron chi connectivity index (χ2n) is 6.33. The summed E-state index contributed by atoms with van der Waals surface area (Å²) in [5.74, 6) is 0. The largest absolute Gasteiger partial charge is 0.292 e. The molecule has 0 aliphatic carbocycles. The van der Waals surface area contributed by atoms with Gasteiger partial charge in [-0.25, -0.2) is 19.9 Å². The zero-order valence-corrected chi connectivity index (χ0v) is 15.3. The van der Waals surface area contributed by atoms with Gasteiger partial charge in [0.15, 0.2) is 10.5 Å². The molecule has 28 heavy (non-hydrogen) atoms. The Balaban J connectivity index is 1.52. The monoisotopic (exact) mass is 380 g/mol. The van der Waals surface area contributed by atoms with Gasteiger partial charge in [0.05, 0.1) is 23.1 Å². The smallest absolute Gasteiger partial charge is 0.190 e. The highest BCUT2D eigenvalue weighted by Gasteiger charge is 2.14. The summed E-state index contributed by atoms with van der Waals surface area (Å²) in [6, 6.07) is 16.4. The number of fused-ring (bicyclic) bond motifs is 4. The van der Waals surface area contributed by atoms with Crippen LogP contribution in [0.3, 0.4) is 0 Å². The third kappa shape index (κ3) is 2.23. The van der Waals surface area contributed by atoms with Gasteiger partial charge >= 0.3 is 0 Å². The van der Waals surface area contributed by atoms with Gasteiger partial charge in [-0.1, -0.05) is 29.5 Å². The Labute approximate surface area is 163 Å². The molecule has 0 aliphatic rings. The lowest BCUT2D eigenvalue weighted by atomic mass is 10.2. The van der Waals surface area contributed by atoms with Crippen molar-refractivity contribution in [2.75, 3.05) is 0 Å². The van der Waals surface area contributed by atoms with Crippen LogP contribution in [0.15, 0.2) is 73.3 Å². The first-order chi connectivity index (χ1) is 13.9. The van der Waals surface area contributed by atoms with Crippen molar-refractivity contribution in [3.63, 3.8) is 0 Å². The van der Waals surface area contributed by atoms with Crippen molar-refractivity contribution < 1.29 is 0 Å². The molecule has 1 aromatic carbocycles. The Hall–Kier alpha value is -3.71. The molecule has 0 N–H and O–H groups in total. The van der Waals surface area contributed by atoms with Gasteiger partial charge in [0.25, 0.3) is 0 Å². The number of aromatic nitrogens is 6. The Bertz CT molecular complexity index is 1380. The van der Waals surface area contributed by atoms with Gasteiger partial charge in [-0.05, 0) is 30.3 Å². The zero-order chi connectivity index (χ0) is 18.5. The van der Waals surface area contributed by atoms with Crippen LogP contribution in [0, 0.1) is 0 Å². The van der Waals surface area contributed by atoms with Crippen LogP contribution in [0.4, 0.5) is 0 Å². The molecule has 0 amide bonds. The van der Waals surface area contributed by atoms with Crippen LogP contribution in [0.1, 0.15) is 0 Å². The lowest BCUT2D eigenvalue weighted by Crippen LogP contribution is -1.96. The average Bonchev–Trinajstić information content (AvgIpc) is 3.33. The molecule has 5 heterocycles. The summed E-state index contributed by atoms with van der Waals surface area (Å²) in [5, 5.41) is 3.12. The topological polar surface area (TPSA) is 69.4 Å². The van der Waals surface area contributed by atoms with Gasteiger partial charge in [0.1, 0.15) is 10.7 Å². The minimum atomic E-state index is 0.653. The van der Waals surface area contributed by atoms with Gasteiger partial charge in [0.2, 0.25) is 0 Å². The standard InChI is InChI=1S/C21H12N6S/c1-2-6-17-14(4-1)15-5-3-9-23-19(15)27(17)13-7-8-16(25-12-13)20-26-18-21(28-20)24-11-10-22-18/h1-12H. The molecule has 6 aromatic rings. The van der Waals surface area contributed by atoms with Crippen LogP contribution in [0.5, 0.6) is 0 Å². The Morgan fingerprint density at radius 3 is 2.54 bits per heavy atom. The molecular formula is C21H12N6S. The summed E-state index contributed by atoms with van der Waals surface area (Å²) < 4.78 is 2.14. The van der Waals surface area contributed by atoms with Gasteiger partial charge in [-0.15, -0.1) is 0 Å². The van der Waals surface area contributed by atoms with Crippen molar-refractivity contribution in [1.29, 1.82) is 0 Å². The zero-order valence-electron chi connectivity index (χ0n) is 14.5. The minimum Gasteiger partial charge on any atom is -0.292 e. The second kappa shape index (κ2) is 5.90. The second-order valence-corrected chi connectivity index (χ2v) is 7.31. The fourth-order valence-electron chi connectivity index (χ4n) is 3.49. The van der Waals surface area contributed by atoms with E-state index in [4.69, 9.17) is 0 Å². The van der Waals surface area contributed by atoms with Crippen molar-refractivity contribution in [1.82, 2.24) is 29.5 Å². The molecule has 0 atom stereocenters. The van der Waals surface area contributed by atoms with E-state index in [2.05, 4.69) is 59.8 Å². The summed E-state index contributed by atoms with van der Waals surface area (Å²) in [5.41, 5.74) is 4.46. The van der Waals surface area contributed by atoms with Gasteiger partial charge in [-0.3, -0.25) is 9.55 Å². The van der Waals surface area contributed by atoms with E-state index in [1.165, 1.54) is 16.7 Å². The van der Waals surface area contributed by atoms with Crippen LogP contribution in [-0.2, 0) is 0 Å². The van der Waals surface area contributed by atoms with E-state index in [0.29, 0.717) is 5.65 Å². The van der Waals surface area contributed by atoms with E-state index < -0.39 is 0 Å². The van der Waals surface area contributed by atoms with Crippen LogP contribution >= 0.6 is 11.3 Å². The number of para-hydroxylation sites is 1. The summed E-state index contributed by atoms with van der Waals surface area (Å²) >= 11 is 1.49. The summed E-state index contributed by atoms with van der Waals surface area (Å²) in [6.07, 6.45) is 7.01. The molecule has 0 aliphatic heterocycles. The van der Waals surface area contributed by atoms with Gasteiger partial charge in [-0.2, -0.15) is 0 Å². The maximum atomic E-state index is 4.66. The van der Waals surface area contributed by atoms with Crippen LogP contribution in [0.2, 0.25) is 0 Å². The maximum absolute atomic E-state index is 4.66. The molecule has 6 rings (SSSR count). The molecule has 0 saturated heterocycles. The number of hydrogen-bond acceptors (Lipinski definition) is 6. The summed E-state index contributed by atoms with van der Waals surface area (Å²) in [6.45, 7) is 0. The van der Waals surface area contributed by atoms with Crippen molar-refractivity contribution in [2.45, 2.75) is 0 Å². The van der Waals surface area contributed by atoms with Gasteiger partial charge in [0, 0.05) is 29.4 Å². The molecule has 0 fully saturated rings. The lowest BCUT2D eigenvalue weighted by Gasteiger charge is -2.07. The van der Waals surface area contributed by atoms with E-state index in [-0.39, 0.29) is 0 Å². The average molecular weight is 380 g/mol. The van der Waals surface area contributed by atoms with Crippen molar-refractivity contribution in [3.8, 4) is 16.4 Å². The molecule has 7 heteroatoms. The lowest BCUT2D eigenvalue weighted by molar-refractivity contribution is 1.11. The predicted molar refractivity (Wildman–Crippen MR) is 111 cm³/mol. The normalized spacial score (nSPS) is 11.6. The van der Waals surface area contributed by atoms with Crippen molar-refractivity contribution >= 4 is 43.8 Å². The number of nitrogens with zero attached hydrogens (tertiary/aromatic N) is 6. The van der Waals surface area contributed by atoms with Crippen LogP contribution in [-0.4, -0.2) is 29.5 Å². The molecule has 0 saturated carbocycles. The number of hydrogen-bond donors (Lipinski definition) is 0. The van der Waals surface area contributed by atoms with Crippen molar-refractivity contribution in [2.24, 2.45) is 0 Å². The third-order valence-electron chi connectivity index (χ3n) is 4.71. The highest BCUT2D eigenvalue weighted by molar-refractivity contribution is 7.21. The molecular weight excluding hydrogens is 368 g/mol. The van der Waals surface area contributed by atoms with E-state index in [1.54, 1.807) is 12.4 Å². The molecule has 6 nitrogen and oxygen atoms in total.